The van der Waals surface area contributed by atoms with Crippen molar-refractivity contribution in [1.29, 1.82) is 0 Å². The molecule has 0 bridgehead atoms. The number of pyridine rings is 1. The predicted molar refractivity (Wildman–Crippen MR) is 67.9 cm³/mol. The zero-order valence-electron chi connectivity index (χ0n) is 10.6. The van der Waals surface area contributed by atoms with Gasteiger partial charge in [0.1, 0.15) is 17.9 Å². The monoisotopic (exact) mass is 265 g/mol. The van der Waals surface area contributed by atoms with Gasteiger partial charge in [-0.3, -0.25) is 15.1 Å². The maximum Gasteiger partial charge on any atom is 0.328 e. The molecule has 0 radical (unpaired) electrons. The summed E-state index contributed by atoms with van der Waals surface area (Å²) in [4.78, 5) is 27.8. The number of nitro groups is 1. The summed E-state index contributed by atoms with van der Waals surface area (Å²) in [7, 11) is 1.33. The van der Waals surface area contributed by atoms with Gasteiger partial charge in [0.25, 0.3) is 0 Å². The lowest BCUT2D eigenvalue weighted by atomic mass is 10.0. The van der Waals surface area contributed by atoms with Gasteiger partial charge in [0.2, 0.25) is 0 Å². The molecule has 102 valence electrons. The van der Waals surface area contributed by atoms with Crippen LogP contribution in [0, 0.1) is 10.1 Å². The molecule has 1 aromatic rings. The van der Waals surface area contributed by atoms with Crippen LogP contribution in [0.15, 0.2) is 18.5 Å². The van der Waals surface area contributed by atoms with E-state index in [2.05, 4.69) is 4.98 Å². The summed E-state index contributed by atoms with van der Waals surface area (Å²) in [5.41, 5.74) is 0.341. The molecule has 1 fully saturated rings. The van der Waals surface area contributed by atoms with Crippen molar-refractivity contribution in [1.82, 2.24) is 4.98 Å². The second-order valence-electron chi connectivity index (χ2n) is 4.35. The lowest BCUT2D eigenvalue weighted by Crippen LogP contribution is -2.45. The molecule has 2 rings (SSSR count). The van der Waals surface area contributed by atoms with E-state index in [0.717, 1.165) is 12.8 Å². The summed E-state index contributed by atoms with van der Waals surface area (Å²) in [6, 6.07) is 1.11. The molecule has 1 atom stereocenters. The first-order valence-corrected chi connectivity index (χ1v) is 6.08. The summed E-state index contributed by atoms with van der Waals surface area (Å²) in [5.74, 6) is -0.356. The maximum absolute atomic E-state index is 11.8. The molecule has 7 nitrogen and oxygen atoms in total. The largest absolute Gasteiger partial charge is 0.467 e. The average Bonchev–Trinajstić information content (AvgIpc) is 2.46. The number of esters is 1. The number of nitrogens with zero attached hydrogens (tertiary/aromatic N) is 3. The van der Waals surface area contributed by atoms with Gasteiger partial charge in [-0.25, -0.2) is 4.79 Å². The lowest BCUT2D eigenvalue weighted by Gasteiger charge is -2.34. The van der Waals surface area contributed by atoms with E-state index in [1.807, 2.05) is 0 Å². The van der Waals surface area contributed by atoms with Crippen LogP contribution in [0.4, 0.5) is 11.4 Å². The van der Waals surface area contributed by atoms with Crippen molar-refractivity contribution in [3.05, 3.63) is 28.6 Å². The van der Waals surface area contributed by atoms with Crippen molar-refractivity contribution < 1.29 is 14.5 Å². The van der Waals surface area contributed by atoms with Crippen LogP contribution in [0.1, 0.15) is 19.3 Å². The van der Waals surface area contributed by atoms with Gasteiger partial charge in [-0.2, -0.15) is 0 Å². The molecule has 0 N–H and O–H groups in total. The first-order chi connectivity index (χ1) is 9.15. The van der Waals surface area contributed by atoms with E-state index in [-0.39, 0.29) is 11.7 Å². The Labute approximate surface area is 110 Å². The lowest BCUT2D eigenvalue weighted by molar-refractivity contribution is -0.384. The highest BCUT2D eigenvalue weighted by Gasteiger charge is 2.33. The van der Waals surface area contributed by atoms with Gasteiger partial charge in [0.05, 0.1) is 12.0 Å². The summed E-state index contributed by atoms with van der Waals surface area (Å²) in [6.45, 7) is 0.602. The minimum atomic E-state index is -0.481. The van der Waals surface area contributed by atoms with Gasteiger partial charge in [0.15, 0.2) is 0 Å². The fourth-order valence-electron chi connectivity index (χ4n) is 2.36. The molecule has 1 saturated heterocycles. The molecule has 0 aliphatic carbocycles. The Morgan fingerprint density at radius 3 is 3.05 bits per heavy atom. The third kappa shape index (κ3) is 2.64. The van der Waals surface area contributed by atoms with Crippen molar-refractivity contribution in [3.63, 3.8) is 0 Å². The molecule has 0 aromatic carbocycles. The van der Waals surface area contributed by atoms with Crippen LogP contribution < -0.4 is 4.90 Å². The van der Waals surface area contributed by atoms with Crippen LogP contribution in [0.3, 0.4) is 0 Å². The van der Waals surface area contributed by atoms with Crippen LogP contribution in [-0.4, -0.2) is 35.6 Å². The number of hydrogen-bond donors (Lipinski definition) is 0. The minimum absolute atomic E-state index is 0.0849. The topological polar surface area (TPSA) is 85.6 Å². The van der Waals surface area contributed by atoms with E-state index in [1.165, 1.54) is 19.5 Å². The third-order valence-electron chi connectivity index (χ3n) is 3.26. The zero-order valence-corrected chi connectivity index (χ0v) is 10.6. The summed E-state index contributed by atoms with van der Waals surface area (Å²) < 4.78 is 4.78. The van der Waals surface area contributed by atoms with Crippen LogP contribution >= 0.6 is 0 Å². The molecule has 19 heavy (non-hydrogen) atoms. The predicted octanol–water partition coefficient (Wildman–Crippen LogP) is 1.52. The Balaban J connectivity index is 2.37. The molecular weight excluding hydrogens is 250 g/mol. The molecule has 7 heteroatoms. The van der Waals surface area contributed by atoms with Crippen molar-refractivity contribution in [2.24, 2.45) is 0 Å². The standard InChI is InChI=1S/C12H15N3O4/c1-19-12(16)10-4-2-3-7-14(10)9-5-6-13-8-11(9)15(17)18/h5-6,8,10H,2-4,7H2,1H3. The molecular formula is C12H15N3O4. The molecule has 1 aliphatic heterocycles. The van der Waals surface area contributed by atoms with Crippen molar-refractivity contribution in [2.75, 3.05) is 18.6 Å². The molecule has 0 spiro atoms. The second-order valence-corrected chi connectivity index (χ2v) is 4.35. The molecule has 0 amide bonds. The molecule has 1 aromatic heterocycles. The van der Waals surface area contributed by atoms with Gasteiger partial charge in [-0.15, -0.1) is 0 Å². The van der Waals surface area contributed by atoms with E-state index in [4.69, 9.17) is 4.74 Å². The second kappa shape index (κ2) is 5.64. The number of hydrogen-bond acceptors (Lipinski definition) is 6. The smallest absolute Gasteiger partial charge is 0.328 e. The Morgan fingerprint density at radius 2 is 2.37 bits per heavy atom. The first-order valence-electron chi connectivity index (χ1n) is 6.08. The zero-order chi connectivity index (χ0) is 13.8. The Morgan fingerprint density at radius 1 is 1.58 bits per heavy atom. The third-order valence-corrected chi connectivity index (χ3v) is 3.26. The number of anilines is 1. The maximum atomic E-state index is 11.8. The summed E-state index contributed by atoms with van der Waals surface area (Å²) >= 11 is 0. The van der Waals surface area contributed by atoms with E-state index < -0.39 is 11.0 Å². The highest BCUT2D eigenvalue weighted by Crippen LogP contribution is 2.32. The van der Waals surface area contributed by atoms with Crippen LogP contribution in [0.25, 0.3) is 0 Å². The Bertz CT molecular complexity index is 492. The SMILES string of the molecule is COC(=O)C1CCCCN1c1ccncc1[N+](=O)[O-]. The molecule has 2 heterocycles. The summed E-state index contributed by atoms with van der Waals surface area (Å²) in [6.07, 6.45) is 5.15. The molecule has 1 unspecified atom stereocenters. The highest BCUT2D eigenvalue weighted by atomic mass is 16.6. The van der Waals surface area contributed by atoms with Gasteiger partial charge < -0.3 is 9.64 Å². The van der Waals surface area contributed by atoms with E-state index in [1.54, 1.807) is 11.0 Å². The van der Waals surface area contributed by atoms with E-state index >= 15 is 0 Å². The molecule has 1 aliphatic rings. The normalized spacial score (nSPS) is 19.0. The van der Waals surface area contributed by atoms with Gasteiger partial charge in [-0.05, 0) is 25.3 Å². The Hall–Kier alpha value is -2.18. The van der Waals surface area contributed by atoms with E-state index in [0.29, 0.717) is 18.7 Å². The van der Waals surface area contributed by atoms with Gasteiger partial charge in [0, 0.05) is 12.7 Å². The highest BCUT2D eigenvalue weighted by molar-refractivity contribution is 5.81. The number of piperidine rings is 1. The van der Waals surface area contributed by atoms with Crippen LogP contribution in [0.2, 0.25) is 0 Å². The van der Waals surface area contributed by atoms with E-state index in [9.17, 15) is 14.9 Å². The number of carbonyl (C=O) groups excluding carboxylic acids is 1. The fourth-order valence-corrected chi connectivity index (χ4v) is 2.36. The number of rotatable bonds is 3. The van der Waals surface area contributed by atoms with Gasteiger partial charge >= 0.3 is 11.7 Å². The number of aromatic nitrogens is 1. The number of ether oxygens (including phenoxy) is 1. The van der Waals surface area contributed by atoms with Crippen molar-refractivity contribution in [2.45, 2.75) is 25.3 Å². The van der Waals surface area contributed by atoms with Crippen molar-refractivity contribution in [3.8, 4) is 0 Å². The number of carbonyl (C=O) groups is 1. The molecule has 0 saturated carbocycles. The quantitative estimate of drug-likeness (QED) is 0.468. The van der Waals surface area contributed by atoms with Crippen LogP contribution in [0.5, 0.6) is 0 Å². The number of methoxy groups -OCH3 is 1. The fraction of sp³-hybridized carbons (Fsp3) is 0.500. The first kappa shape index (κ1) is 13.3. The minimum Gasteiger partial charge on any atom is -0.467 e. The summed E-state index contributed by atoms with van der Waals surface area (Å²) in [5, 5.41) is 11.0. The Kier molecular flexibility index (Phi) is 3.94. The van der Waals surface area contributed by atoms with Crippen molar-refractivity contribution >= 4 is 17.3 Å². The average molecular weight is 265 g/mol. The van der Waals surface area contributed by atoms with Crippen LogP contribution in [-0.2, 0) is 9.53 Å². The van der Waals surface area contributed by atoms with Gasteiger partial charge in [-0.1, -0.05) is 0 Å².